The fraction of sp³-hybridized carbons (Fsp3) is 0.0500. The molecule has 0 aliphatic heterocycles. The van der Waals surface area contributed by atoms with Crippen LogP contribution in [0.1, 0.15) is 11.1 Å². The summed E-state index contributed by atoms with van der Waals surface area (Å²) in [5, 5.41) is 18.8. The molecule has 0 saturated heterocycles. The van der Waals surface area contributed by atoms with Gasteiger partial charge in [-0.2, -0.15) is 0 Å². The van der Waals surface area contributed by atoms with Gasteiger partial charge in [0.15, 0.2) is 10.2 Å². The van der Waals surface area contributed by atoms with E-state index in [2.05, 4.69) is 15.6 Å². The number of aromatic nitrogens is 1. The molecular formula is C20H16N4O3S2. The Hall–Kier alpha value is -3.43. The minimum atomic E-state index is -0.491. The molecule has 0 spiro atoms. The van der Waals surface area contributed by atoms with Crippen molar-refractivity contribution in [2.45, 2.75) is 6.92 Å². The molecule has 9 heteroatoms. The molecule has 3 rings (SSSR count). The number of rotatable bonds is 5. The average Bonchev–Trinajstić information content (AvgIpc) is 3.15. The van der Waals surface area contributed by atoms with E-state index in [4.69, 9.17) is 12.2 Å². The summed E-state index contributed by atoms with van der Waals surface area (Å²) in [6.45, 7) is 2.02. The minimum absolute atomic E-state index is 0.0436. The van der Waals surface area contributed by atoms with E-state index < -0.39 is 10.8 Å². The van der Waals surface area contributed by atoms with Gasteiger partial charge in [-0.15, -0.1) is 11.3 Å². The van der Waals surface area contributed by atoms with Crippen LogP contribution in [0.25, 0.3) is 17.3 Å². The number of carbonyl (C=O) groups is 1. The minimum Gasteiger partial charge on any atom is -0.308 e. The fourth-order valence-electron chi connectivity index (χ4n) is 2.38. The molecule has 0 atom stereocenters. The molecule has 0 unspecified atom stereocenters. The zero-order valence-corrected chi connectivity index (χ0v) is 16.9. The molecule has 0 aliphatic rings. The SMILES string of the molecule is Cc1ccc(-c2csc(NC(=S)NC(=O)/C=C/c3cccc([N+](=O)[O-])c3)n2)cc1. The molecule has 2 aromatic carbocycles. The number of nitro benzene ring substituents is 1. The average molecular weight is 425 g/mol. The Balaban J connectivity index is 1.56. The third-order valence-corrected chi connectivity index (χ3v) is 4.78. The lowest BCUT2D eigenvalue weighted by Crippen LogP contribution is -2.32. The first kappa shape index (κ1) is 20.3. The van der Waals surface area contributed by atoms with Gasteiger partial charge >= 0.3 is 0 Å². The number of nitrogens with zero attached hydrogens (tertiary/aromatic N) is 2. The number of non-ortho nitro benzene ring substituents is 1. The number of amides is 1. The lowest BCUT2D eigenvalue weighted by Gasteiger charge is -2.04. The number of aryl methyl sites for hydroxylation is 1. The Bertz CT molecular complexity index is 1090. The van der Waals surface area contributed by atoms with Gasteiger partial charge in [0, 0.05) is 29.2 Å². The van der Waals surface area contributed by atoms with Crippen LogP contribution >= 0.6 is 23.6 Å². The van der Waals surface area contributed by atoms with Crippen molar-refractivity contribution in [3.8, 4) is 11.3 Å². The van der Waals surface area contributed by atoms with Crippen LogP contribution in [0.15, 0.2) is 60.0 Å². The van der Waals surface area contributed by atoms with Crippen molar-refractivity contribution in [2.75, 3.05) is 5.32 Å². The quantitative estimate of drug-likeness (QED) is 0.270. The van der Waals surface area contributed by atoms with Crippen LogP contribution in [-0.2, 0) is 4.79 Å². The van der Waals surface area contributed by atoms with Crippen molar-refractivity contribution in [3.63, 3.8) is 0 Å². The zero-order chi connectivity index (χ0) is 20.8. The highest BCUT2D eigenvalue weighted by Crippen LogP contribution is 2.25. The highest BCUT2D eigenvalue weighted by atomic mass is 32.1. The first-order valence-corrected chi connectivity index (χ1v) is 9.76. The van der Waals surface area contributed by atoms with E-state index in [1.807, 2.05) is 36.6 Å². The van der Waals surface area contributed by atoms with Crippen molar-refractivity contribution in [3.05, 3.63) is 81.2 Å². The molecule has 0 radical (unpaired) electrons. The van der Waals surface area contributed by atoms with E-state index in [-0.39, 0.29) is 10.8 Å². The van der Waals surface area contributed by atoms with Crippen molar-refractivity contribution < 1.29 is 9.72 Å². The van der Waals surface area contributed by atoms with Crippen LogP contribution in [0.3, 0.4) is 0 Å². The van der Waals surface area contributed by atoms with Gasteiger partial charge in [0.2, 0.25) is 5.91 Å². The Labute approximate surface area is 176 Å². The van der Waals surface area contributed by atoms with Crippen LogP contribution in [-0.4, -0.2) is 20.9 Å². The van der Waals surface area contributed by atoms with Crippen LogP contribution in [0.2, 0.25) is 0 Å². The predicted octanol–water partition coefficient (Wildman–Crippen LogP) is 4.55. The topological polar surface area (TPSA) is 97.2 Å². The standard InChI is InChI=1S/C20H16N4O3S2/c1-13-5-8-15(9-6-13)17-12-29-20(21-17)23-19(28)22-18(25)10-7-14-3-2-4-16(11-14)24(26)27/h2-12H,1H3,(H2,21,22,23,25,28)/b10-7+. The van der Waals surface area contributed by atoms with Crippen LogP contribution in [0, 0.1) is 17.0 Å². The van der Waals surface area contributed by atoms with Gasteiger partial charge in [-0.3, -0.25) is 20.2 Å². The summed E-state index contributed by atoms with van der Waals surface area (Å²) in [6.07, 6.45) is 2.73. The zero-order valence-electron chi connectivity index (χ0n) is 15.3. The van der Waals surface area contributed by atoms with Crippen molar-refractivity contribution in [1.82, 2.24) is 10.3 Å². The molecule has 7 nitrogen and oxygen atoms in total. The van der Waals surface area contributed by atoms with Crippen molar-refractivity contribution in [2.24, 2.45) is 0 Å². The molecule has 146 valence electrons. The fourth-order valence-corrected chi connectivity index (χ4v) is 3.37. The largest absolute Gasteiger partial charge is 0.308 e. The highest BCUT2D eigenvalue weighted by Gasteiger charge is 2.08. The second-order valence-electron chi connectivity index (χ2n) is 6.03. The maximum absolute atomic E-state index is 12.0. The Morgan fingerprint density at radius 3 is 2.72 bits per heavy atom. The summed E-state index contributed by atoms with van der Waals surface area (Å²) in [6, 6.07) is 14.0. The number of nitrogens with one attached hydrogen (secondary N) is 2. The number of benzene rings is 2. The van der Waals surface area contributed by atoms with Gasteiger partial charge in [-0.05, 0) is 30.8 Å². The van der Waals surface area contributed by atoms with Crippen LogP contribution < -0.4 is 10.6 Å². The second-order valence-corrected chi connectivity index (χ2v) is 7.30. The van der Waals surface area contributed by atoms with E-state index in [0.717, 1.165) is 11.3 Å². The third kappa shape index (κ3) is 5.77. The number of anilines is 1. The summed E-state index contributed by atoms with van der Waals surface area (Å²) in [7, 11) is 0. The summed E-state index contributed by atoms with van der Waals surface area (Å²) in [5.41, 5.74) is 3.48. The number of hydrogen-bond donors (Lipinski definition) is 2. The summed E-state index contributed by atoms with van der Waals surface area (Å²) in [5.74, 6) is -0.454. The van der Waals surface area contributed by atoms with Gasteiger partial charge in [0.05, 0.1) is 10.6 Å². The molecule has 1 aromatic heterocycles. The molecule has 1 heterocycles. The van der Waals surface area contributed by atoms with Crippen LogP contribution in [0.5, 0.6) is 0 Å². The number of hydrogen-bond acceptors (Lipinski definition) is 6. The Kier molecular flexibility index (Phi) is 6.43. The molecule has 29 heavy (non-hydrogen) atoms. The van der Waals surface area contributed by atoms with Gasteiger partial charge in [0.25, 0.3) is 5.69 Å². The summed E-state index contributed by atoms with van der Waals surface area (Å²) >= 11 is 6.52. The first-order chi connectivity index (χ1) is 13.9. The molecular weight excluding hydrogens is 408 g/mol. The van der Waals surface area contributed by atoms with Crippen molar-refractivity contribution >= 4 is 51.5 Å². The van der Waals surface area contributed by atoms with E-state index in [1.165, 1.54) is 41.2 Å². The van der Waals surface area contributed by atoms with E-state index in [9.17, 15) is 14.9 Å². The Morgan fingerprint density at radius 2 is 2.00 bits per heavy atom. The predicted molar refractivity (Wildman–Crippen MR) is 119 cm³/mol. The smallest absolute Gasteiger partial charge is 0.270 e. The highest BCUT2D eigenvalue weighted by molar-refractivity contribution is 7.80. The van der Waals surface area contributed by atoms with Gasteiger partial charge < -0.3 is 5.32 Å². The molecule has 0 bridgehead atoms. The molecule has 2 N–H and O–H groups in total. The number of thiocarbonyl (C=S) groups is 1. The van der Waals surface area contributed by atoms with E-state index in [0.29, 0.717) is 10.7 Å². The van der Waals surface area contributed by atoms with Crippen molar-refractivity contribution in [1.29, 1.82) is 0 Å². The summed E-state index contributed by atoms with van der Waals surface area (Å²) in [4.78, 5) is 26.8. The summed E-state index contributed by atoms with van der Waals surface area (Å²) < 4.78 is 0. The molecule has 3 aromatic rings. The maximum Gasteiger partial charge on any atom is 0.270 e. The lowest BCUT2D eigenvalue weighted by molar-refractivity contribution is -0.384. The van der Waals surface area contributed by atoms with E-state index >= 15 is 0 Å². The third-order valence-electron chi connectivity index (χ3n) is 3.82. The number of carbonyl (C=O) groups excluding carboxylic acids is 1. The van der Waals surface area contributed by atoms with Gasteiger partial charge in [-0.25, -0.2) is 4.98 Å². The second kappa shape index (κ2) is 9.18. The van der Waals surface area contributed by atoms with Crippen LogP contribution in [0.4, 0.5) is 10.8 Å². The molecule has 1 amide bonds. The monoisotopic (exact) mass is 424 g/mol. The lowest BCUT2D eigenvalue weighted by atomic mass is 10.1. The maximum atomic E-state index is 12.0. The Morgan fingerprint density at radius 1 is 1.24 bits per heavy atom. The van der Waals surface area contributed by atoms with E-state index in [1.54, 1.807) is 12.1 Å². The molecule has 0 aliphatic carbocycles. The molecule has 0 fully saturated rings. The number of nitro groups is 1. The van der Waals surface area contributed by atoms with Gasteiger partial charge in [-0.1, -0.05) is 42.0 Å². The first-order valence-electron chi connectivity index (χ1n) is 8.48. The number of thiazole rings is 1. The van der Waals surface area contributed by atoms with Gasteiger partial charge in [0.1, 0.15) is 0 Å². The normalized spacial score (nSPS) is 10.7. The molecule has 0 saturated carbocycles.